The first kappa shape index (κ1) is 22.9. The fraction of sp³-hybridized carbons (Fsp3) is 0.500. The first-order chi connectivity index (χ1) is 13.7. The van der Waals surface area contributed by atoms with Crippen LogP contribution in [0.4, 0.5) is 13.2 Å². The van der Waals surface area contributed by atoms with Crippen molar-refractivity contribution in [2.45, 2.75) is 25.7 Å². The Kier molecular flexibility index (Phi) is 8.21. The Morgan fingerprint density at radius 2 is 2.14 bits per heavy atom. The molecule has 7 nitrogen and oxygen atoms in total. The molecule has 11 heteroatoms. The molecule has 0 aliphatic rings. The van der Waals surface area contributed by atoms with Gasteiger partial charge in [-0.15, -0.1) is 11.3 Å². The zero-order valence-electron chi connectivity index (χ0n) is 16.7. The average Bonchev–Trinajstić information content (AvgIpc) is 3.15. The van der Waals surface area contributed by atoms with Crippen molar-refractivity contribution in [3.8, 4) is 5.88 Å². The van der Waals surface area contributed by atoms with Gasteiger partial charge in [0.15, 0.2) is 5.96 Å². The van der Waals surface area contributed by atoms with Crippen LogP contribution in [-0.4, -0.2) is 55.2 Å². The number of hydrogen-bond donors (Lipinski definition) is 1. The van der Waals surface area contributed by atoms with Gasteiger partial charge in [-0.3, -0.25) is 4.99 Å². The van der Waals surface area contributed by atoms with Crippen molar-refractivity contribution >= 4 is 17.3 Å². The molecule has 1 N–H and O–H groups in total. The minimum Gasteiger partial charge on any atom is -0.476 e. The molecule has 0 saturated carbocycles. The quantitative estimate of drug-likeness (QED) is 0.393. The van der Waals surface area contributed by atoms with Crippen LogP contribution in [0.3, 0.4) is 0 Å². The van der Waals surface area contributed by atoms with Crippen LogP contribution in [0.15, 0.2) is 28.7 Å². The number of guanidine groups is 1. The van der Waals surface area contributed by atoms with Gasteiger partial charge in [-0.2, -0.15) is 13.2 Å². The van der Waals surface area contributed by atoms with Crippen molar-refractivity contribution in [1.29, 1.82) is 0 Å². The zero-order chi connectivity index (χ0) is 21.4. The molecule has 1 atom stereocenters. The van der Waals surface area contributed by atoms with Gasteiger partial charge in [0.25, 0.3) is 0 Å². The number of methoxy groups -OCH3 is 1. The van der Waals surface area contributed by atoms with E-state index in [-0.39, 0.29) is 18.6 Å². The minimum absolute atomic E-state index is 0.0487. The maximum Gasteiger partial charge on any atom is 0.417 e. The van der Waals surface area contributed by atoms with Crippen molar-refractivity contribution in [2.24, 2.45) is 4.99 Å². The number of ether oxygens (including phenoxy) is 2. The van der Waals surface area contributed by atoms with Crippen LogP contribution >= 0.6 is 11.3 Å². The van der Waals surface area contributed by atoms with Crippen LogP contribution in [0.2, 0.25) is 0 Å². The van der Waals surface area contributed by atoms with Gasteiger partial charge in [-0.25, -0.2) is 9.97 Å². The molecule has 0 fully saturated rings. The third-order valence-corrected chi connectivity index (χ3v) is 5.00. The van der Waals surface area contributed by atoms with Gasteiger partial charge in [0.1, 0.15) is 17.7 Å². The summed E-state index contributed by atoms with van der Waals surface area (Å²) in [6.07, 6.45) is -3.71. The number of halogens is 3. The molecule has 1 unspecified atom stereocenters. The number of nitrogens with zero attached hydrogens (tertiary/aromatic N) is 4. The summed E-state index contributed by atoms with van der Waals surface area (Å²) in [6.45, 7) is 3.13. The van der Waals surface area contributed by atoms with Gasteiger partial charge >= 0.3 is 6.18 Å². The van der Waals surface area contributed by atoms with Crippen molar-refractivity contribution in [2.75, 3.05) is 34.4 Å². The van der Waals surface area contributed by atoms with E-state index in [0.717, 1.165) is 23.0 Å². The summed E-state index contributed by atoms with van der Waals surface area (Å²) in [7, 11) is 5.19. The van der Waals surface area contributed by atoms with Crippen LogP contribution in [0.25, 0.3) is 0 Å². The highest BCUT2D eigenvalue weighted by atomic mass is 32.1. The molecule has 0 saturated heterocycles. The standard InChI is InChI=1S/C18H24F3N5O2S/c1-12(27-4)16-25-14(11-29-16)10-26(3)17(22-2)23-7-8-28-15-6-5-13(9-24-15)18(19,20)21/h5-6,9,11-12H,7-8,10H2,1-4H3,(H,22,23). The number of pyridine rings is 1. The molecular weight excluding hydrogens is 407 g/mol. The summed E-state index contributed by atoms with van der Waals surface area (Å²) < 4.78 is 48.2. The molecule has 2 aromatic heterocycles. The summed E-state index contributed by atoms with van der Waals surface area (Å²) in [5.74, 6) is 0.772. The number of aliphatic imine (C=N–C) groups is 1. The highest BCUT2D eigenvalue weighted by Crippen LogP contribution is 2.29. The van der Waals surface area contributed by atoms with Crippen LogP contribution < -0.4 is 10.1 Å². The van der Waals surface area contributed by atoms with Crippen LogP contribution in [0.5, 0.6) is 5.88 Å². The molecule has 0 radical (unpaired) electrons. The molecule has 2 heterocycles. The van der Waals surface area contributed by atoms with Gasteiger partial charge in [-0.05, 0) is 13.0 Å². The predicted molar refractivity (Wildman–Crippen MR) is 105 cm³/mol. The SMILES string of the molecule is CN=C(NCCOc1ccc(C(F)(F)F)cn1)N(C)Cc1csc(C(C)OC)n1. The number of hydrogen-bond acceptors (Lipinski definition) is 6. The van der Waals surface area contributed by atoms with Crippen molar-refractivity contribution in [1.82, 2.24) is 20.2 Å². The van der Waals surface area contributed by atoms with Gasteiger partial charge in [0, 0.05) is 38.8 Å². The maximum atomic E-state index is 12.5. The van der Waals surface area contributed by atoms with Gasteiger partial charge < -0.3 is 19.7 Å². The summed E-state index contributed by atoms with van der Waals surface area (Å²) in [4.78, 5) is 14.3. The van der Waals surface area contributed by atoms with Crippen molar-refractivity contribution in [3.05, 3.63) is 40.0 Å². The van der Waals surface area contributed by atoms with E-state index in [9.17, 15) is 13.2 Å². The number of rotatable bonds is 8. The van der Waals surface area contributed by atoms with Crippen LogP contribution in [0.1, 0.15) is 29.3 Å². The lowest BCUT2D eigenvalue weighted by atomic mass is 10.3. The Morgan fingerprint density at radius 3 is 2.72 bits per heavy atom. The second-order valence-corrected chi connectivity index (χ2v) is 7.01. The lowest BCUT2D eigenvalue weighted by Crippen LogP contribution is -2.40. The molecule has 0 aliphatic heterocycles. The zero-order valence-corrected chi connectivity index (χ0v) is 17.5. The average molecular weight is 431 g/mol. The fourth-order valence-corrected chi connectivity index (χ4v) is 3.18. The second kappa shape index (κ2) is 10.4. The molecule has 0 spiro atoms. The smallest absolute Gasteiger partial charge is 0.417 e. The number of alkyl halides is 3. The monoisotopic (exact) mass is 431 g/mol. The molecule has 0 aliphatic carbocycles. The highest BCUT2D eigenvalue weighted by Gasteiger charge is 2.30. The fourth-order valence-electron chi connectivity index (χ4n) is 2.34. The summed E-state index contributed by atoms with van der Waals surface area (Å²) in [5.41, 5.74) is 0.0969. The van der Waals surface area contributed by atoms with Crippen LogP contribution in [0, 0.1) is 0 Å². The Morgan fingerprint density at radius 1 is 1.38 bits per heavy atom. The van der Waals surface area contributed by atoms with Crippen LogP contribution in [-0.2, 0) is 17.5 Å². The predicted octanol–water partition coefficient (Wildman–Crippen LogP) is 3.35. The Bertz CT molecular complexity index is 796. The molecular formula is C18H24F3N5O2S. The van der Waals surface area contributed by atoms with E-state index in [1.165, 1.54) is 6.07 Å². The van der Waals surface area contributed by atoms with E-state index in [2.05, 4.69) is 20.3 Å². The van der Waals surface area contributed by atoms with Gasteiger partial charge in [0.2, 0.25) is 5.88 Å². The third kappa shape index (κ3) is 6.86. The number of nitrogens with one attached hydrogen (secondary N) is 1. The van der Waals surface area contributed by atoms with E-state index in [1.54, 1.807) is 25.5 Å². The Balaban J connectivity index is 1.79. The van der Waals surface area contributed by atoms with E-state index in [1.807, 2.05) is 24.3 Å². The Labute approximate surface area is 171 Å². The first-order valence-corrected chi connectivity index (χ1v) is 9.67. The molecule has 29 heavy (non-hydrogen) atoms. The topological polar surface area (TPSA) is 71.9 Å². The molecule has 2 rings (SSSR count). The van der Waals surface area contributed by atoms with E-state index in [0.29, 0.717) is 19.0 Å². The summed E-state index contributed by atoms with van der Waals surface area (Å²) >= 11 is 1.54. The van der Waals surface area contributed by atoms with E-state index < -0.39 is 11.7 Å². The lowest BCUT2D eigenvalue weighted by Gasteiger charge is -2.21. The number of thiazole rings is 1. The minimum atomic E-state index is -4.41. The normalized spacial score (nSPS) is 13.3. The Hall–Kier alpha value is -2.40. The molecule has 2 aromatic rings. The second-order valence-electron chi connectivity index (χ2n) is 6.12. The van der Waals surface area contributed by atoms with E-state index in [4.69, 9.17) is 9.47 Å². The molecule has 0 amide bonds. The summed E-state index contributed by atoms with van der Waals surface area (Å²) in [5, 5.41) is 6.02. The van der Waals surface area contributed by atoms with Gasteiger partial charge in [0.05, 0.1) is 24.3 Å². The largest absolute Gasteiger partial charge is 0.476 e. The highest BCUT2D eigenvalue weighted by molar-refractivity contribution is 7.09. The van der Waals surface area contributed by atoms with E-state index >= 15 is 0 Å². The first-order valence-electron chi connectivity index (χ1n) is 8.79. The van der Waals surface area contributed by atoms with Crippen molar-refractivity contribution < 1.29 is 22.6 Å². The molecule has 0 bridgehead atoms. The number of aromatic nitrogens is 2. The van der Waals surface area contributed by atoms with Gasteiger partial charge in [-0.1, -0.05) is 0 Å². The summed E-state index contributed by atoms with van der Waals surface area (Å²) in [6, 6.07) is 2.14. The third-order valence-electron chi connectivity index (χ3n) is 3.94. The maximum absolute atomic E-state index is 12.5. The molecule has 0 aromatic carbocycles. The van der Waals surface area contributed by atoms with Crippen molar-refractivity contribution in [3.63, 3.8) is 0 Å². The molecule has 160 valence electrons. The lowest BCUT2D eigenvalue weighted by molar-refractivity contribution is -0.137.